The van der Waals surface area contributed by atoms with Crippen LogP contribution in [0.25, 0.3) is 0 Å². The molecule has 5 nitrogen and oxygen atoms in total. The van der Waals surface area contributed by atoms with Crippen LogP contribution >= 0.6 is 0 Å². The third-order valence-corrected chi connectivity index (χ3v) is 3.22. The smallest absolute Gasteiger partial charge is 0.244 e. The largest absolute Gasteiger partial charge is 0.354 e. The Hall–Kier alpha value is -1.36. The Morgan fingerprint density at radius 1 is 1.65 bits per heavy atom. The quantitative estimate of drug-likeness (QED) is 0.795. The lowest BCUT2D eigenvalue weighted by Crippen LogP contribution is -2.49. The van der Waals surface area contributed by atoms with Gasteiger partial charge in [-0.15, -0.1) is 0 Å². The molecule has 1 amide bonds. The highest BCUT2D eigenvalue weighted by molar-refractivity contribution is 5.79. The van der Waals surface area contributed by atoms with Gasteiger partial charge < -0.3 is 10.6 Å². The summed E-state index contributed by atoms with van der Waals surface area (Å²) in [5.41, 5.74) is 1.97. The van der Waals surface area contributed by atoms with Crippen LogP contribution in [-0.4, -0.2) is 35.3 Å². The van der Waals surface area contributed by atoms with Crippen LogP contribution < -0.4 is 10.6 Å². The minimum Gasteiger partial charge on any atom is -0.354 e. The minimum absolute atomic E-state index is 0.0445. The molecule has 1 unspecified atom stereocenters. The number of aromatic nitrogens is 2. The summed E-state index contributed by atoms with van der Waals surface area (Å²) in [5, 5.41) is 10.5. The van der Waals surface area contributed by atoms with Gasteiger partial charge in [0.15, 0.2) is 0 Å². The van der Waals surface area contributed by atoms with Crippen molar-refractivity contribution < 1.29 is 4.79 Å². The van der Waals surface area contributed by atoms with Crippen molar-refractivity contribution in [3.8, 4) is 0 Å². The van der Waals surface area contributed by atoms with Gasteiger partial charge in [0.1, 0.15) is 6.04 Å². The molecule has 2 heterocycles. The van der Waals surface area contributed by atoms with E-state index in [4.69, 9.17) is 0 Å². The summed E-state index contributed by atoms with van der Waals surface area (Å²) >= 11 is 0. The number of hydrogen-bond acceptors (Lipinski definition) is 3. The number of nitrogens with zero attached hydrogens (tertiary/aromatic N) is 2. The molecule has 0 spiro atoms. The first-order valence-corrected chi connectivity index (χ1v) is 6.09. The lowest BCUT2D eigenvalue weighted by atomic mass is 10.0. The summed E-state index contributed by atoms with van der Waals surface area (Å²) in [7, 11) is 0. The second-order valence-electron chi connectivity index (χ2n) is 4.82. The Labute approximate surface area is 102 Å². The van der Waals surface area contributed by atoms with Crippen molar-refractivity contribution in [1.29, 1.82) is 0 Å². The summed E-state index contributed by atoms with van der Waals surface area (Å²) in [6, 6.07) is 1.75. The molecule has 0 radical (unpaired) electrons. The van der Waals surface area contributed by atoms with Crippen molar-refractivity contribution in [3.05, 3.63) is 17.5 Å². The van der Waals surface area contributed by atoms with Gasteiger partial charge in [0.05, 0.1) is 5.69 Å². The van der Waals surface area contributed by atoms with Crippen molar-refractivity contribution in [2.75, 3.05) is 19.6 Å². The van der Waals surface area contributed by atoms with Crippen LogP contribution in [0.2, 0.25) is 0 Å². The van der Waals surface area contributed by atoms with Gasteiger partial charge in [0.25, 0.3) is 0 Å². The lowest BCUT2D eigenvalue weighted by molar-refractivity contribution is -0.124. The van der Waals surface area contributed by atoms with E-state index < -0.39 is 0 Å². The number of carbonyl (C=O) groups excluding carboxylic acids is 1. The molecule has 1 aromatic rings. The van der Waals surface area contributed by atoms with Gasteiger partial charge in [-0.2, -0.15) is 5.10 Å². The first kappa shape index (κ1) is 12.1. The van der Waals surface area contributed by atoms with E-state index in [1.54, 1.807) is 4.68 Å². The molecule has 5 heteroatoms. The van der Waals surface area contributed by atoms with Crippen molar-refractivity contribution >= 4 is 5.91 Å². The average Bonchev–Trinajstić information content (AvgIpc) is 2.54. The highest BCUT2D eigenvalue weighted by Crippen LogP contribution is 2.11. The molecule has 17 heavy (non-hydrogen) atoms. The molecular weight excluding hydrogens is 216 g/mol. The number of amides is 1. The summed E-state index contributed by atoms with van der Waals surface area (Å²) in [6.45, 7) is 8.57. The molecule has 2 N–H and O–H groups in total. The fraction of sp³-hybridized carbons (Fsp3) is 0.667. The van der Waals surface area contributed by atoms with Crippen LogP contribution in [0.5, 0.6) is 0 Å². The highest BCUT2D eigenvalue weighted by Gasteiger charge is 2.21. The molecule has 0 aliphatic carbocycles. The van der Waals surface area contributed by atoms with E-state index in [1.807, 2.05) is 26.8 Å². The molecule has 1 atom stereocenters. The van der Waals surface area contributed by atoms with Gasteiger partial charge in [0.2, 0.25) is 5.91 Å². The summed E-state index contributed by atoms with van der Waals surface area (Å²) in [6.07, 6.45) is 0. The number of nitrogens with one attached hydrogen (secondary N) is 2. The summed E-state index contributed by atoms with van der Waals surface area (Å²) < 4.78 is 1.78. The zero-order chi connectivity index (χ0) is 12.4. The zero-order valence-corrected chi connectivity index (χ0v) is 10.7. The van der Waals surface area contributed by atoms with Crippen molar-refractivity contribution in [2.45, 2.75) is 26.8 Å². The SMILES string of the molecule is Cc1cc(C)n(C(C)C(=O)NCC2CNC2)n1. The molecule has 94 valence electrons. The van der Waals surface area contributed by atoms with Crippen molar-refractivity contribution in [1.82, 2.24) is 20.4 Å². The molecule has 0 aromatic carbocycles. The first-order valence-electron chi connectivity index (χ1n) is 6.09. The molecule has 1 fully saturated rings. The maximum atomic E-state index is 12.0. The van der Waals surface area contributed by atoms with E-state index in [2.05, 4.69) is 15.7 Å². The molecule has 2 rings (SSSR count). The van der Waals surface area contributed by atoms with Gasteiger partial charge in [-0.1, -0.05) is 0 Å². The van der Waals surface area contributed by atoms with Gasteiger partial charge in [-0.25, -0.2) is 0 Å². The molecule has 0 bridgehead atoms. The number of hydrogen-bond donors (Lipinski definition) is 2. The van der Waals surface area contributed by atoms with Crippen LogP contribution in [0.1, 0.15) is 24.4 Å². The van der Waals surface area contributed by atoms with E-state index in [0.29, 0.717) is 5.92 Å². The van der Waals surface area contributed by atoms with Crippen LogP contribution in [0, 0.1) is 19.8 Å². The monoisotopic (exact) mass is 236 g/mol. The van der Waals surface area contributed by atoms with Crippen LogP contribution in [0.15, 0.2) is 6.07 Å². The fourth-order valence-corrected chi connectivity index (χ4v) is 2.03. The van der Waals surface area contributed by atoms with Crippen LogP contribution in [0.3, 0.4) is 0 Å². The van der Waals surface area contributed by atoms with Crippen LogP contribution in [0.4, 0.5) is 0 Å². The first-order chi connectivity index (χ1) is 8.08. The standard InChI is InChI=1S/C12H20N4O/c1-8-4-9(2)16(15-8)10(3)12(17)14-7-11-5-13-6-11/h4,10-11,13H,5-7H2,1-3H3,(H,14,17). The maximum Gasteiger partial charge on any atom is 0.244 e. The third kappa shape index (κ3) is 2.66. The number of aryl methyl sites for hydroxylation is 2. The topological polar surface area (TPSA) is 59.0 Å². The second-order valence-corrected chi connectivity index (χ2v) is 4.82. The Kier molecular flexibility index (Phi) is 3.47. The Balaban J connectivity index is 1.91. The van der Waals surface area contributed by atoms with Crippen molar-refractivity contribution in [2.24, 2.45) is 5.92 Å². The maximum absolute atomic E-state index is 12.0. The molecule has 1 aliphatic heterocycles. The molecule has 1 saturated heterocycles. The molecule has 1 aliphatic rings. The highest BCUT2D eigenvalue weighted by atomic mass is 16.2. The normalized spacial score (nSPS) is 17.6. The van der Waals surface area contributed by atoms with Crippen LogP contribution in [-0.2, 0) is 4.79 Å². The summed E-state index contributed by atoms with van der Waals surface area (Å²) in [5.74, 6) is 0.634. The van der Waals surface area contributed by atoms with E-state index in [1.165, 1.54) is 0 Å². The lowest BCUT2D eigenvalue weighted by Gasteiger charge is -2.27. The predicted molar refractivity (Wildman–Crippen MR) is 65.8 cm³/mol. The van der Waals surface area contributed by atoms with Gasteiger partial charge in [-0.05, 0) is 26.8 Å². The van der Waals surface area contributed by atoms with E-state index in [-0.39, 0.29) is 11.9 Å². The summed E-state index contributed by atoms with van der Waals surface area (Å²) in [4.78, 5) is 12.0. The Morgan fingerprint density at radius 2 is 2.35 bits per heavy atom. The van der Waals surface area contributed by atoms with E-state index in [9.17, 15) is 4.79 Å². The van der Waals surface area contributed by atoms with Crippen molar-refractivity contribution in [3.63, 3.8) is 0 Å². The van der Waals surface area contributed by atoms with Gasteiger partial charge >= 0.3 is 0 Å². The van der Waals surface area contributed by atoms with E-state index >= 15 is 0 Å². The third-order valence-electron chi connectivity index (χ3n) is 3.22. The van der Waals surface area contributed by atoms with Gasteiger partial charge in [-0.3, -0.25) is 9.48 Å². The molecule has 0 saturated carbocycles. The van der Waals surface area contributed by atoms with Gasteiger partial charge in [0, 0.05) is 31.2 Å². The minimum atomic E-state index is -0.239. The molecule has 1 aromatic heterocycles. The number of carbonyl (C=O) groups is 1. The zero-order valence-electron chi connectivity index (χ0n) is 10.7. The Bertz CT molecular complexity index is 409. The van der Waals surface area contributed by atoms with E-state index in [0.717, 1.165) is 31.0 Å². The fourth-order valence-electron chi connectivity index (χ4n) is 2.03. The predicted octanol–water partition coefficient (Wildman–Crippen LogP) is 0.397. The average molecular weight is 236 g/mol. The number of rotatable bonds is 4. The second kappa shape index (κ2) is 4.87. The Morgan fingerprint density at radius 3 is 2.82 bits per heavy atom. The molecular formula is C12H20N4O.